The van der Waals surface area contributed by atoms with E-state index in [0.717, 1.165) is 30.0 Å². The molecule has 0 aliphatic rings. The Balaban J connectivity index is 1.98. The number of benzene rings is 2. The van der Waals surface area contributed by atoms with E-state index in [9.17, 15) is 18.4 Å². The van der Waals surface area contributed by atoms with Crippen LogP contribution in [0, 0.1) is 11.6 Å². The molecule has 0 radical (unpaired) electrons. The van der Waals surface area contributed by atoms with Crippen LogP contribution in [0.15, 0.2) is 47.4 Å². The van der Waals surface area contributed by atoms with Crippen LogP contribution < -0.4 is 10.6 Å². The first-order valence-electron chi connectivity index (χ1n) is 7.15. The van der Waals surface area contributed by atoms with E-state index in [0.29, 0.717) is 11.4 Å². The third-order valence-electron chi connectivity index (χ3n) is 3.04. The molecule has 0 aliphatic carbocycles. The predicted octanol–water partition coefficient (Wildman–Crippen LogP) is 4.04. The van der Waals surface area contributed by atoms with Gasteiger partial charge in [0.05, 0.1) is 5.25 Å². The van der Waals surface area contributed by atoms with E-state index in [1.165, 1.54) is 6.92 Å². The molecular weight excluding hydrogens is 334 g/mol. The molecule has 0 unspecified atom stereocenters. The Morgan fingerprint density at radius 3 is 2.17 bits per heavy atom. The SMILES string of the molecule is CC(=O)Nc1ccc(NC(=O)[C@@H](C)Sc2cc(F)ccc2F)cc1. The number of hydrogen-bond acceptors (Lipinski definition) is 3. The molecule has 2 rings (SSSR count). The second-order valence-electron chi connectivity index (χ2n) is 5.08. The van der Waals surface area contributed by atoms with Gasteiger partial charge in [-0.05, 0) is 49.4 Å². The Morgan fingerprint density at radius 1 is 1.00 bits per heavy atom. The summed E-state index contributed by atoms with van der Waals surface area (Å²) in [5.41, 5.74) is 1.16. The van der Waals surface area contributed by atoms with Gasteiger partial charge in [-0.1, -0.05) is 0 Å². The summed E-state index contributed by atoms with van der Waals surface area (Å²) in [6.07, 6.45) is 0. The molecule has 4 nitrogen and oxygen atoms in total. The number of carbonyl (C=O) groups is 2. The molecule has 0 saturated heterocycles. The Bertz CT molecular complexity index is 751. The van der Waals surface area contributed by atoms with Crippen molar-refractivity contribution < 1.29 is 18.4 Å². The standard InChI is InChI=1S/C17H16F2N2O2S/c1-10(24-16-9-12(18)3-8-15(16)19)17(23)21-14-6-4-13(5-7-14)20-11(2)22/h3-10H,1-2H3,(H,20,22)(H,21,23)/t10-/m1/s1. The van der Waals surface area contributed by atoms with Crippen molar-refractivity contribution in [2.24, 2.45) is 0 Å². The molecule has 0 aromatic heterocycles. The molecule has 24 heavy (non-hydrogen) atoms. The van der Waals surface area contributed by atoms with Crippen molar-refractivity contribution in [2.75, 3.05) is 10.6 Å². The third kappa shape index (κ3) is 5.06. The van der Waals surface area contributed by atoms with Crippen molar-refractivity contribution in [1.29, 1.82) is 0 Å². The van der Waals surface area contributed by atoms with Crippen LogP contribution in [-0.2, 0) is 9.59 Å². The predicted molar refractivity (Wildman–Crippen MR) is 91.1 cm³/mol. The summed E-state index contributed by atoms with van der Waals surface area (Å²) in [5.74, 6) is -1.65. The number of nitrogens with one attached hydrogen (secondary N) is 2. The molecule has 0 spiro atoms. The van der Waals surface area contributed by atoms with Crippen LogP contribution in [-0.4, -0.2) is 17.1 Å². The van der Waals surface area contributed by atoms with E-state index in [1.54, 1.807) is 31.2 Å². The van der Waals surface area contributed by atoms with Gasteiger partial charge in [0.2, 0.25) is 11.8 Å². The molecule has 2 amide bonds. The summed E-state index contributed by atoms with van der Waals surface area (Å²) in [5, 5.41) is 4.69. The van der Waals surface area contributed by atoms with Crippen LogP contribution in [0.4, 0.5) is 20.2 Å². The highest BCUT2D eigenvalue weighted by Crippen LogP contribution is 2.27. The summed E-state index contributed by atoms with van der Waals surface area (Å²) in [4.78, 5) is 23.2. The number of rotatable bonds is 5. The maximum atomic E-state index is 13.6. The van der Waals surface area contributed by atoms with E-state index in [2.05, 4.69) is 10.6 Å². The Labute approximate surface area is 142 Å². The van der Waals surface area contributed by atoms with Gasteiger partial charge >= 0.3 is 0 Å². The van der Waals surface area contributed by atoms with Crippen LogP contribution in [0.2, 0.25) is 0 Å². The van der Waals surface area contributed by atoms with E-state index < -0.39 is 16.9 Å². The molecule has 0 aliphatic heterocycles. The molecule has 7 heteroatoms. The summed E-state index contributed by atoms with van der Waals surface area (Å²) in [6.45, 7) is 3.01. The highest BCUT2D eigenvalue weighted by Gasteiger charge is 2.17. The Hall–Kier alpha value is -2.41. The van der Waals surface area contributed by atoms with Crippen molar-refractivity contribution in [3.05, 3.63) is 54.1 Å². The number of anilines is 2. The summed E-state index contributed by atoms with van der Waals surface area (Å²) in [7, 11) is 0. The zero-order valence-electron chi connectivity index (χ0n) is 13.1. The highest BCUT2D eigenvalue weighted by atomic mass is 32.2. The molecule has 126 valence electrons. The molecule has 2 aromatic carbocycles. The van der Waals surface area contributed by atoms with Crippen molar-refractivity contribution in [1.82, 2.24) is 0 Å². The van der Waals surface area contributed by atoms with E-state index in [4.69, 9.17) is 0 Å². The van der Waals surface area contributed by atoms with Crippen LogP contribution >= 0.6 is 11.8 Å². The van der Waals surface area contributed by atoms with Gasteiger partial charge in [0.1, 0.15) is 11.6 Å². The minimum atomic E-state index is -0.615. The smallest absolute Gasteiger partial charge is 0.237 e. The lowest BCUT2D eigenvalue weighted by Gasteiger charge is -2.13. The maximum absolute atomic E-state index is 13.6. The number of halogens is 2. The molecule has 2 N–H and O–H groups in total. The first kappa shape index (κ1) is 17.9. The minimum absolute atomic E-state index is 0.0821. The van der Waals surface area contributed by atoms with E-state index in [-0.39, 0.29) is 16.7 Å². The van der Waals surface area contributed by atoms with Gasteiger partial charge in [-0.3, -0.25) is 9.59 Å². The largest absolute Gasteiger partial charge is 0.326 e. The first-order valence-corrected chi connectivity index (χ1v) is 8.03. The maximum Gasteiger partial charge on any atom is 0.237 e. The molecule has 0 saturated carbocycles. The van der Waals surface area contributed by atoms with Crippen LogP contribution in [0.1, 0.15) is 13.8 Å². The second kappa shape index (κ2) is 7.92. The molecule has 1 atom stereocenters. The summed E-state index contributed by atoms with van der Waals surface area (Å²) < 4.78 is 26.8. The molecule has 2 aromatic rings. The van der Waals surface area contributed by atoms with E-state index in [1.807, 2.05) is 0 Å². The normalized spacial score (nSPS) is 11.7. The first-order chi connectivity index (χ1) is 11.3. The fraction of sp³-hybridized carbons (Fsp3) is 0.176. The van der Waals surface area contributed by atoms with Gasteiger partial charge in [0.25, 0.3) is 0 Å². The van der Waals surface area contributed by atoms with Gasteiger partial charge in [-0.15, -0.1) is 11.8 Å². The number of thioether (sulfide) groups is 1. The van der Waals surface area contributed by atoms with E-state index >= 15 is 0 Å². The van der Waals surface area contributed by atoms with Gasteiger partial charge in [0.15, 0.2) is 0 Å². The third-order valence-corrected chi connectivity index (χ3v) is 4.17. The van der Waals surface area contributed by atoms with Crippen molar-refractivity contribution in [2.45, 2.75) is 24.0 Å². The lowest BCUT2D eigenvalue weighted by Crippen LogP contribution is -2.22. The minimum Gasteiger partial charge on any atom is -0.326 e. The fourth-order valence-electron chi connectivity index (χ4n) is 1.90. The van der Waals surface area contributed by atoms with Crippen LogP contribution in [0.3, 0.4) is 0 Å². The van der Waals surface area contributed by atoms with Gasteiger partial charge in [0, 0.05) is 23.2 Å². The lowest BCUT2D eigenvalue weighted by molar-refractivity contribution is -0.115. The second-order valence-corrected chi connectivity index (χ2v) is 6.47. The topological polar surface area (TPSA) is 58.2 Å². The Kier molecular flexibility index (Phi) is 5.92. The molecule has 0 bridgehead atoms. The number of hydrogen-bond donors (Lipinski definition) is 2. The summed E-state index contributed by atoms with van der Waals surface area (Å²) >= 11 is 0.939. The molecule has 0 fully saturated rings. The Morgan fingerprint density at radius 2 is 1.58 bits per heavy atom. The van der Waals surface area contributed by atoms with Crippen molar-refractivity contribution in [3.63, 3.8) is 0 Å². The number of amides is 2. The monoisotopic (exact) mass is 350 g/mol. The lowest BCUT2D eigenvalue weighted by atomic mass is 10.2. The van der Waals surface area contributed by atoms with Gasteiger partial charge in [-0.25, -0.2) is 8.78 Å². The quantitative estimate of drug-likeness (QED) is 0.800. The van der Waals surface area contributed by atoms with Crippen LogP contribution in [0.5, 0.6) is 0 Å². The molecular formula is C17H16F2N2O2S. The zero-order valence-corrected chi connectivity index (χ0v) is 13.9. The van der Waals surface area contributed by atoms with Gasteiger partial charge < -0.3 is 10.6 Å². The fourth-order valence-corrected chi connectivity index (χ4v) is 2.80. The number of carbonyl (C=O) groups excluding carboxylic acids is 2. The van der Waals surface area contributed by atoms with Crippen molar-refractivity contribution in [3.8, 4) is 0 Å². The average molecular weight is 350 g/mol. The molecule has 0 heterocycles. The highest BCUT2D eigenvalue weighted by molar-refractivity contribution is 8.00. The zero-order chi connectivity index (χ0) is 17.7. The van der Waals surface area contributed by atoms with Crippen LogP contribution in [0.25, 0.3) is 0 Å². The summed E-state index contributed by atoms with van der Waals surface area (Å²) in [6, 6.07) is 9.71. The van der Waals surface area contributed by atoms with Gasteiger partial charge in [-0.2, -0.15) is 0 Å². The average Bonchev–Trinajstić information content (AvgIpc) is 2.52. The van der Waals surface area contributed by atoms with Crippen molar-refractivity contribution >= 4 is 35.0 Å².